The van der Waals surface area contributed by atoms with Gasteiger partial charge in [-0.05, 0) is 33.5 Å². The topological polar surface area (TPSA) is 70.8 Å². The fourth-order valence-electron chi connectivity index (χ4n) is 2.51. The van der Waals surface area contributed by atoms with Crippen molar-refractivity contribution in [2.45, 2.75) is 31.9 Å². The number of primary amides is 1. The minimum absolute atomic E-state index is 0.0469. The van der Waals surface area contributed by atoms with Crippen molar-refractivity contribution in [2.75, 3.05) is 46.9 Å². The Bertz CT molecular complexity index is 267. The van der Waals surface area contributed by atoms with E-state index >= 15 is 0 Å². The fraction of sp³-hybridized carbons (Fsp3) is 0.923. The zero-order chi connectivity index (χ0) is 14.3. The van der Waals surface area contributed by atoms with Crippen molar-refractivity contribution < 1.29 is 9.53 Å². The van der Waals surface area contributed by atoms with Crippen molar-refractivity contribution in [1.29, 1.82) is 0 Å². The number of nitrogens with two attached hydrogens (primary N) is 1. The van der Waals surface area contributed by atoms with E-state index in [4.69, 9.17) is 10.5 Å². The van der Waals surface area contributed by atoms with E-state index in [1.807, 2.05) is 14.1 Å². The SMILES string of the molecule is CCC(C1CNCCO1)N(CCCN(C)C)C(N)=O. The van der Waals surface area contributed by atoms with E-state index < -0.39 is 0 Å². The third-order valence-electron chi connectivity index (χ3n) is 3.49. The lowest BCUT2D eigenvalue weighted by Gasteiger charge is -2.37. The molecule has 1 saturated heterocycles. The smallest absolute Gasteiger partial charge is 0.315 e. The maximum Gasteiger partial charge on any atom is 0.315 e. The second kappa shape index (κ2) is 8.35. The average Bonchev–Trinajstić information content (AvgIpc) is 2.38. The molecule has 0 aromatic heterocycles. The molecule has 2 atom stereocenters. The zero-order valence-corrected chi connectivity index (χ0v) is 12.4. The van der Waals surface area contributed by atoms with E-state index in [1.165, 1.54) is 0 Å². The van der Waals surface area contributed by atoms with E-state index in [0.29, 0.717) is 13.2 Å². The molecule has 0 spiro atoms. The summed E-state index contributed by atoms with van der Waals surface area (Å²) < 4.78 is 5.77. The molecule has 2 unspecified atom stereocenters. The van der Waals surface area contributed by atoms with Crippen molar-refractivity contribution in [3.8, 4) is 0 Å². The van der Waals surface area contributed by atoms with Crippen LogP contribution in [0.4, 0.5) is 4.79 Å². The maximum atomic E-state index is 11.7. The van der Waals surface area contributed by atoms with Gasteiger partial charge in [-0.3, -0.25) is 0 Å². The third-order valence-corrected chi connectivity index (χ3v) is 3.49. The van der Waals surface area contributed by atoms with Crippen molar-refractivity contribution in [1.82, 2.24) is 15.1 Å². The van der Waals surface area contributed by atoms with E-state index in [0.717, 1.165) is 32.5 Å². The van der Waals surface area contributed by atoms with Gasteiger partial charge in [0.2, 0.25) is 0 Å². The van der Waals surface area contributed by atoms with Gasteiger partial charge in [0.15, 0.2) is 0 Å². The van der Waals surface area contributed by atoms with E-state index in [9.17, 15) is 4.79 Å². The molecule has 3 N–H and O–H groups in total. The fourth-order valence-corrected chi connectivity index (χ4v) is 2.51. The van der Waals surface area contributed by atoms with Crippen LogP contribution >= 0.6 is 0 Å². The summed E-state index contributed by atoms with van der Waals surface area (Å²) in [6, 6.07) is -0.285. The summed E-state index contributed by atoms with van der Waals surface area (Å²) in [5.41, 5.74) is 5.53. The number of hydrogen-bond donors (Lipinski definition) is 2. The monoisotopic (exact) mass is 272 g/mol. The largest absolute Gasteiger partial charge is 0.373 e. The number of nitrogens with zero attached hydrogens (tertiary/aromatic N) is 2. The number of carbonyl (C=O) groups excluding carboxylic acids is 1. The molecule has 1 aliphatic rings. The van der Waals surface area contributed by atoms with Gasteiger partial charge in [0.25, 0.3) is 0 Å². The van der Waals surface area contributed by atoms with Crippen molar-refractivity contribution in [3.05, 3.63) is 0 Å². The molecule has 6 heteroatoms. The van der Waals surface area contributed by atoms with Crippen LogP contribution in [0, 0.1) is 0 Å². The first-order valence-corrected chi connectivity index (χ1v) is 7.09. The number of hydrogen-bond acceptors (Lipinski definition) is 4. The van der Waals surface area contributed by atoms with Crippen molar-refractivity contribution >= 4 is 6.03 Å². The number of amides is 2. The molecule has 0 aromatic rings. The summed E-state index contributed by atoms with van der Waals surface area (Å²) in [7, 11) is 4.06. The molecule has 1 heterocycles. The summed E-state index contributed by atoms with van der Waals surface area (Å²) in [5, 5.41) is 3.31. The molecule has 0 radical (unpaired) electrons. The van der Waals surface area contributed by atoms with Crippen LogP contribution in [0.15, 0.2) is 0 Å². The quantitative estimate of drug-likeness (QED) is 0.689. The van der Waals surface area contributed by atoms with Crippen LogP contribution in [0.25, 0.3) is 0 Å². The van der Waals surface area contributed by atoms with E-state index in [2.05, 4.69) is 17.1 Å². The summed E-state index contributed by atoms with van der Waals surface area (Å²) in [4.78, 5) is 15.6. The lowest BCUT2D eigenvalue weighted by atomic mass is 10.1. The summed E-state index contributed by atoms with van der Waals surface area (Å²) in [6.45, 7) is 6.08. The molecule has 0 saturated carbocycles. The third kappa shape index (κ3) is 5.34. The van der Waals surface area contributed by atoms with Gasteiger partial charge >= 0.3 is 6.03 Å². The Labute approximate surface area is 116 Å². The van der Waals surface area contributed by atoms with Crippen LogP contribution < -0.4 is 11.1 Å². The number of rotatable bonds is 7. The second-order valence-electron chi connectivity index (χ2n) is 5.28. The minimum atomic E-state index is -0.347. The second-order valence-corrected chi connectivity index (χ2v) is 5.28. The zero-order valence-electron chi connectivity index (χ0n) is 12.4. The lowest BCUT2D eigenvalue weighted by Crippen LogP contribution is -2.55. The highest BCUT2D eigenvalue weighted by Gasteiger charge is 2.30. The first-order chi connectivity index (χ1) is 9.06. The molecule has 1 aliphatic heterocycles. The molecule has 1 fully saturated rings. The van der Waals surface area contributed by atoms with Crippen molar-refractivity contribution in [3.63, 3.8) is 0 Å². The highest BCUT2D eigenvalue weighted by Crippen LogP contribution is 2.14. The van der Waals surface area contributed by atoms with Crippen LogP contribution in [0.1, 0.15) is 19.8 Å². The van der Waals surface area contributed by atoms with Gasteiger partial charge in [0.05, 0.1) is 18.8 Å². The maximum absolute atomic E-state index is 11.7. The van der Waals surface area contributed by atoms with Crippen molar-refractivity contribution in [2.24, 2.45) is 5.73 Å². The predicted molar refractivity (Wildman–Crippen MR) is 76.1 cm³/mol. The molecule has 19 heavy (non-hydrogen) atoms. The molecule has 0 aromatic carbocycles. The first kappa shape index (κ1) is 16.2. The lowest BCUT2D eigenvalue weighted by molar-refractivity contribution is -0.0222. The van der Waals surface area contributed by atoms with Gasteiger partial charge in [-0.1, -0.05) is 6.92 Å². The molecule has 6 nitrogen and oxygen atoms in total. The Hall–Kier alpha value is -0.850. The van der Waals surface area contributed by atoms with E-state index in [1.54, 1.807) is 4.90 Å². The number of nitrogens with one attached hydrogen (secondary N) is 1. The molecular weight excluding hydrogens is 244 g/mol. The van der Waals surface area contributed by atoms with Crippen LogP contribution in [-0.4, -0.2) is 74.9 Å². The van der Waals surface area contributed by atoms with Gasteiger partial charge in [-0.25, -0.2) is 4.79 Å². The number of carbonyl (C=O) groups is 1. The Morgan fingerprint density at radius 1 is 1.47 bits per heavy atom. The Kier molecular flexibility index (Phi) is 7.12. The Morgan fingerprint density at radius 3 is 2.68 bits per heavy atom. The minimum Gasteiger partial charge on any atom is -0.373 e. The first-order valence-electron chi connectivity index (χ1n) is 7.09. The summed E-state index contributed by atoms with van der Waals surface area (Å²) in [6.07, 6.45) is 1.83. The van der Waals surface area contributed by atoms with Gasteiger partial charge in [-0.2, -0.15) is 0 Å². The molecule has 0 bridgehead atoms. The van der Waals surface area contributed by atoms with Crippen LogP contribution in [0.3, 0.4) is 0 Å². The van der Waals surface area contributed by atoms with Gasteiger partial charge in [0, 0.05) is 19.6 Å². The molecular formula is C13H28N4O2. The van der Waals surface area contributed by atoms with Crippen LogP contribution in [0.2, 0.25) is 0 Å². The number of urea groups is 1. The summed E-state index contributed by atoms with van der Waals surface area (Å²) >= 11 is 0. The number of morpholine rings is 1. The summed E-state index contributed by atoms with van der Waals surface area (Å²) in [5.74, 6) is 0. The van der Waals surface area contributed by atoms with Crippen LogP contribution in [-0.2, 0) is 4.74 Å². The predicted octanol–water partition coefficient (Wildman–Crippen LogP) is 0.0858. The molecule has 1 rings (SSSR count). The molecule has 0 aliphatic carbocycles. The molecule has 112 valence electrons. The average molecular weight is 272 g/mol. The van der Waals surface area contributed by atoms with Crippen LogP contribution in [0.5, 0.6) is 0 Å². The Balaban J connectivity index is 2.57. The normalized spacial score (nSPS) is 21.4. The van der Waals surface area contributed by atoms with E-state index in [-0.39, 0.29) is 18.2 Å². The highest BCUT2D eigenvalue weighted by atomic mass is 16.5. The molecule has 2 amide bonds. The number of ether oxygens (including phenoxy) is 1. The van der Waals surface area contributed by atoms with Gasteiger partial charge < -0.3 is 25.6 Å². The van der Waals surface area contributed by atoms with Gasteiger partial charge in [-0.15, -0.1) is 0 Å². The highest BCUT2D eigenvalue weighted by molar-refractivity contribution is 5.72. The standard InChI is InChI=1S/C13H28N4O2/c1-4-11(12-10-15-6-9-19-12)17(13(14)18)8-5-7-16(2)3/h11-12,15H,4-10H2,1-3H3,(H2,14,18). The van der Waals surface area contributed by atoms with Gasteiger partial charge in [0.1, 0.15) is 0 Å². The Morgan fingerprint density at radius 2 is 2.21 bits per heavy atom.